The average Bonchev–Trinajstić information content (AvgIpc) is 3.15. The fourth-order valence-corrected chi connectivity index (χ4v) is 4.19. The summed E-state index contributed by atoms with van der Waals surface area (Å²) in [4.78, 5) is 18.1. The van der Waals surface area contributed by atoms with E-state index in [1.807, 2.05) is 35.4 Å². The molecule has 4 rings (SSSR count). The SMILES string of the molecule is CSc1ccccc1C(=O)N1CCN(c2cc3c(nn2)CCC3)CC1. The predicted octanol–water partition coefficient (Wildman–Crippen LogP) is 2.65. The molecule has 0 radical (unpaired) electrons. The molecule has 0 spiro atoms. The Labute approximate surface area is 152 Å². The van der Waals surface area contributed by atoms with Gasteiger partial charge in [-0.3, -0.25) is 4.79 Å². The Hall–Kier alpha value is -2.08. The molecule has 0 bridgehead atoms. The number of hydrogen-bond acceptors (Lipinski definition) is 5. The van der Waals surface area contributed by atoms with Gasteiger partial charge in [0.15, 0.2) is 5.82 Å². The maximum Gasteiger partial charge on any atom is 0.255 e. The predicted molar refractivity (Wildman–Crippen MR) is 100 cm³/mol. The van der Waals surface area contributed by atoms with Crippen molar-refractivity contribution in [3.05, 3.63) is 47.2 Å². The Balaban J connectivity index is 1.44. The van der Waals surface area contributed by atoms with Crippen molar-refractivity contribution in [1.29, 1.82) is 0 Å². The average molecular weight is 354 g/mol. The summed E-state index contributed by atoms with van der Waals surface area (Å²) in [7, 11) is 0. The molecule has 1 aromatic heterocycles. The molecule has 0 unspecified atom stereocenters. The van der Waals surface area contributed by atoms with E-state index in [-0.39, 0.29) is 5.91 Å². The molecule has 0 atom stereocenters. The summed E-state index contributed by atoms with van der Waals surface area (Å²) in [6.07, 6.45) is 5.36. The van der Waals surface area contributed by atoms with Gasteiger partial charge in [-0.05, 0) is 49.3 Å². The number of fused-ring (bicyclic) bond motifs is 1. The number of benzene rings is 1. The zero-order valence-corrected chi connectivity index (χ0v) is 15.3. The highest BCUT2D eigenvalue weighted by atomic mass is 32.2. The Morgan fingerprint density at radius 1 is 1.08 bits per heavy atom. The van der Waals surface area contributed by atoms with Gasteiger partial charge in [-0.15, -0.1) is 16.9 Å². The van der Waals surface area contributed by atoms with Gasteiger partial charge in [0.05, 0.1) is 11.3 Å². The van der Waals surface area contributed by atoms with Gasteiger partial charge in [0.2, 0.25) is 0 Å². The van der Waals surface area contributed by atoms with Gasteiger partial charge >= 0.3 is 0 Å². The van der Waals surface area contributed by atoms with E-state index in [1.165, 1.54) is 12.0 Å². The van der Waals surface area contributed by atoms with Crippen LogP contribution in [-0.2, 0) is 12.8 Å². The molecule has 1 aliphatic carbocycles. The molecule has 0 saturated carbocycles. The summed E-state index contributed by atoms with van der Waals surface area (Å²) in [5.74, 6) is 1.09. The van der Waals surface area contributed by atoms with Crippen molar-refractivity contribution in [1.82, 2.24) is 15.1 Å². The summed E-state index contributed by atoms with van der Waals surface area (Å²) in [6.45, 7) is 3.06. The van der Waals surface area contributed by atoms with Gasteiger partial charge in [0, 0.05) is 31.1 Å². The number of rotatable bonds is 3. The van der Waals surface area contributed by atoms with Crippen LogP contribution in [0.3, 0.4) is 0 Å². The van der Waals surface area contributed by atoms with Crippen LogP contribution in [0.25, 0.3) is 0 Å². The number of thioether (sulfide) groups is 1. The summed E-state index contributed by atoms with van der Waals surface area (Å²) < 4.78 is 0. The number of anilines is 1. The molecule has 25 heavy (non-hydrogen) atoms. The maximum atomic E-state index is 12.8. The van der Waals surface area contributed by atoms with E-state index in [0.29, 0.717) is 0 Å². The fraction of sp³-hybridized carbons (Fsp3) is 0.421. The van der Waals surface area contributed by atoms with Gasteiger partial charge in [0.25, 0.3) is 5.91 Å². The molecule has 1 fully saturated rings. The van der Waals surface area contributed by atoms with Crippen LogP contribution in [0.2, 0.25) is 0 Å². The minimum absolute atomic E-state index is 0.129. The second kappa shape index (κ2) is 7.04. The lowest BCUT2D eigenvalue weighted by Gasteiger charge is -2.35. The van der Waals surface area contributed by atoms with Crippen LogP contribution >= 0.6 is 11.8 Å². The molecule has 2 aromatic rings. The molecule has 5 nitrogen and oxygen atoms in total. The number of carbonyl (C=O) groups excluding carboxylic acids is 1. The lowest BCUT2D eigenvalue weighted by Crippen LogP contribution is -2.49. The van der Waals surface area contributed by atoms with E-state index in [0.717, 1.165) is 61.0 Å². The van der Waals surface area contributed by atoms with E-state index in [9.17, 15) is 4.79 Å². The second-order valence-electron chi connectivity index (χ2n) is 6.51. The summed E-state index contributed by atoms with van der Waals surface area (Å²) in [5.41, 5.74) is 3.31. The third kappa shape index (κ3) is 3.23. The number of aryl methyl sites for hydroxylation is 2. The largest absolute Gasteiger partial charge is 0.352 e. The van der Waals surface area contributed by atoms with E-state index >= 15 is 0 Å². The summed E-state index contributed by atoms with van der Waals surface area (Å²) in [6, 6.07) is 10.0. The Kier molecular flexibility index (Phi) is 4.61. The molecule has 6 heteroatoms. The zero-order valence-electron chi connectivity index (χ0n) is 14.4. The molecule has 1 aliphatic heterocycles. The number of amides is 1. The molecule has 1 aromatic carbocycles. The Morgan fingerprint density at radius 3 is 2.68 bits per heavy atom. The second-order valence-corrected chi connectivity index (χ2v) is 7.36. The third-order valence-corrected chi connectivity index (χ3v) is 5.83. The van der Waals surface area contributed by atoms with Crippen LogP contribution < -0.4 is 4.90 Å². The topological polar surface area (TPSA) is 49.3 Å². The van der Waals surface area contributed by atoms with Crippen LogP contribution in [0.1, 0.15) is 28.0 Å². The number of aromatic nitrogens is 2. The molecule has 1 saturated heterocycles. The summed E-state index contributed by atoms with van der Waals surface area (Å²) >= 11 is 1.62. The number of piperazine rings is 1. The van der Waals surface area contributed by atoms with E-state index in [2.05, 4.69) is 21.2 Å². The van der Waals surface area contributed by atoms with E-state index < -0.39 is 0 Å². The van der Waals surface area contributed by atoms with Gasteiger partial charge in [0.1, 0.15) is 0 Å². The van der Waals surface area contributed by atoms with Crippen LogP contribution in [0, 0.1) is 0 Å². The van der Waals surface area contributed by atoms with Crippen LogP contribution in [0.15, 0.2) is 35.2 Å². The molecule has 2 heterocycles. The molecule has 1 amide bonds. The first kappa shape index (κ1) is 16.4. The van der Waals surface area contributed by atoms with Gasteiger partial charge in [-0.25, -0.2) is 0 Å². The van der Waals surface area contributed by atoms with Crippen molar-refractivity contribution >= 4 is 23.5 Å². The van der Waals surface area contributed by atoms with Gasteiger partial charge in [-0.2, -0.15) is 5.10 Å². The quantitative estimate of drug-likeness (QED) is 0.793. The molecular formula is C19H22N4OS. The fourth-order valence-electron chi connectivity index (χ4n) is 3.60. The molecular weight excluding hydrogens is 332 g/mol. The first-order valence-corrected chi connectivity index (χ1v) is 10.0. The minimum Gasteiger partial charge on any atom is -0.352 e. The van der Waals surface area contributed by atoms with Gasteiger partial charge < -0.3 is 9.80 Å². The Bertz CT molecular complexity index is 787. The zero-order chi connectivity index (χ0) is 17.2. The van der Waals surface area contributed by atoms with Crippen molar-refractivity contribution < 1.29 is 4.79 Å². The van der Waals surface area contributed by atoms with Gasteiger partial charge in [-0.1, -0.05) is 12.1 Å². The van der Waals surface area contributed by atoms with Crippen molar-refractivity contribution in [2.45, 2.75) is 24.2 Å². The normalized spacial score (nSPS) is 16.8. The van der Waals surface area contributed by atoms with Crippen molar-refractivity contribution in [3.8, 4) is 0 Å². The highest BCUT2D eigenvalue weighted by molar-refractivity contribution is 7.98. The van der Waals surface area contributed by atoms with E-state index in [4.69, 9.17) is 0 Å². The smallest absolute Gasteiger partial charge is 0.255 e. The standard InChI is InChI=1S/C19H22N4OS/c1-25-17-8-3-2-6-15(17)19(24)23-11-9-22(10-12-23)18-13-14-5-4-7-16(14)20-21-18/h2-3,6,8,13H,4-5,7,9-12H2,1H3. The first-order chi connectivity index (χ1) is 12.3. The number of nitrogens with zero attached hydrogens (tertiary/aromatic N) is 4. The Morgan fingerprint density at radius 2 is 1.88 bits per heavy atom. The summed E-state index contributed by atoms with van der Waals surface area (Å²) in [5, 5.41) is 8.78. The molecule has 0 N–H and O–H groups in total. The van der Waals surface area contributed by atoms with Crippen molar-refractivity contribution in [3.63, 3.8) is 0 Å². The van der Waals surface area contributed by atoms with Crippen molar-refractivity contribution in [2.75, 3.05) is 37.3 Å². The monoisotopic (exact) mass is 354 g/mol. The maximum absolute atomic E-state index is 12.8. The first-order valence-electron chi connectivity index (χ1n) is 8.79. The van der Waals surface area contributed by atoms with Crippen LogP contribution in [0.4, 0.5) is 5.82 Å². The van der Waals surface area contributed by atoms with Crippen LogP contribution in [0.5, 0.6) is 0 Å². The van der Waals surface area contributed by atoms with Crippen LogP contribution in [-0.4, -0.2) is 53.4 Å². The number of carbonyl (C=O) groups is 1. The highest BCUT2D eigenvalue weighted by Gasteiger charge is 2.25. The third-order valence-electron chi connectivity index (χ3n) is 5.04. The highest BCUT2D eigenvalue weighted by Crippen LogP contribution is 2.25. The minimum atomic E-state index is 0.129. The lowest BCUT2D eigenvalue weighted by molar-refractivity contribution is 0.0743. The molecule has 2 aliphatic rings. The lowest BCUT2D eigenvalue weighted by atomic mass is 10.1. The molecule has 130 valence electrons. The van der Waals surface area contributed by atoms with E-state index in [1.54, 1.807) is 11.8 Å². The van der Waals surface area contributed by atoms with Crippen molar-refractivity contribution in [2.24, 2.45) is 0 Å². The number of hydrogen-bond donors (Lipinski definition) is 0.